The maximum Gasteiger partial charge on any atom is 0.247 e. The van der Waals surface area contributed by atoms with Crippen LogP contribution in [-0.4, -0.2) is 67.6 Å². The first kappa shape index (κ1) is 21.8. The van der Waals surface area contributed by atoms with Gasteiger partial charge >= 0.3 is 0 Å². The van der Waals surface area contributed by atoms with Crippen LogP contribution in [-0.2, 0) is 0 Å². The topological polar surface area (TPSA) is 103 Å². The molecule has 0 spiro atoms. The summed E-state index contributed by atoms with van der Waals surface area (Å²) in [5.41, 5.74) is 2.16. The molecule has 170 valence electrons. The summed E-state index contributed by atoms with van der Waals surface area (Å²) >= 11 is 13.0. The van der Waals surface area contributed by atoms with Crippen molar-refractivity contribution in [2.45, 2.75) is 13.2 Å². The Hall–Kier alpha value is -2.98. The van der Waals surface area contributed by atoms with Gasteiger partial charge in [-0.15, -0.1) is 0 Å². The Balaban J connectivity index is 1.55. The molecule has 0 aliphatic carbocycles. The largest absolute Gasteiger partial charge is 0.435 e. The lowest BCUT2D eigenvalue weighted by atomic mass is 10.1. The predicted octanol–water partition coefficient (Wildman–Crippen LogP) is 3.94. The number of hydrogen-bond donors (Lipinski definition) is 2. The molecule has 0 saturated carbocycles. The van der Waals surface area contributed by atoms with E-state index in [2.05, 4.69) is 36.6 Å². The van der Waals surface area contributed by atoms with Crippen LogP contribution in [0, 0.1) is 6.92 Å². The van der Waals surface area contributed by atoms with E-state index in [4.69, 9.17) is 27.9 Å². The first-order valence-electron chi connectivity index (χ1n) is 10.4. The van der Waals surface area contributed by atoms with E-state index in [-0.39, 0.29) is 11.0 Å². The molecular formula is C22H21Cl2N7O2. The van der Waals surface area contributed by atoms with Gasteiger partial charge in [0.2, 0.25) is 5.88 Å². The minimum Gasteiger partial charge on any atom is -0.435 e. The van der Waals surface area contributed by atoms with Crippen molar-refractivity contribution in [3.8, 4) is 11.6 Å². The molecule has 11 heteroatoms. The minimum atomic E-state index is -0.660. The van der Waals surface area contributed by atoms with E-state index in [0.29, 0.717) is 42.5 Å². The fourth-order valence-electron chi connectivity index (χ4n) is 4.02. The van der Waals surface area contributed by atoms with Gasteiger partial charge in [0, 0.05) is 26.2 Å². The number of fused-ring (bicyclic) bond motifs is 2. The molecule has 3 aromatic heterocycles. The Morgan fingerprint density at radius 2 is 1.97 bits per heavy atom. The number of aromatic nitrogens is 5. The Bertz CT molecular complexity index is 1350. The van der Waals surface area contributed by atoms with Crippen LogP contribution >= 0.6 is 23.2 Å². The van der Waals surface area contributed by atoms with Crippen LogP contribution in [0.15, 0.2) is 37.3 Å². The summed E-state index contributed by atoms with van der Waals surface area (Å²) in [6.45, 7) is 8.23. The number of aliphatic hydroxyl groups excluding tert-OH is 1. The third kappa shape index (κ3) is 3.97. The number of aromatic amines is 1. The highest BCUT2D eigenvalue weighted by molar-refractivity contribution is 6.34. The number of H-pyrrole nitrogens is 1. The average molecular weight is 486 g/mol. The summed E-state index contributed by atoms with van der Waals surface area (Å²) in [5, 5.41) is 19.2. The molecule has 1 atom stereocenters. The molecule has 1 unspecified atom stereocenters. The molecule has 2 N–H and O–H groups in total. The third-order valence-electron chi connectivity index (χ3n) is 5.75. The molecule has 4 aromatic rings. The quantitative estimate of drug-likeness (QED) is 0.323. The Morgan fingerprint density at radius 1 is 1.18 bits per heavy atom. The number of halogens is 2. The molecule has 0 radical (unpaired) electrons. The smallest absolute Gasteiger partial charge is 0.247 e. The molecule has 0 bridgehead atoms. The van der Waals surface area contributed by atoms with Gasteiger partial charge in [0.15, 0.2) is 5.75 Å². The number of benzene rings is 1. The van der Waals surface area contributed by atoms with Gasteiger partial charge in [-0.25, -0.2) is 9.97 Å². The molecule has 1 aliphatic heterocycles. The van der Waals surface area contributed by atoms with Crippen LogP contribution < -0.4 is 9.64 Å². The maximum atomic E-state index is 10.0. The number of piperazine rings is 1. The highest BCUT2D eigenvalue weighted by Crippen LogP contribution is 2.40. The first-order valence-corrected chi connectivity index (χ1v) is 11.1. The molecule has 4 heterocycles. The summed E-state index contributed by atoms with van der Waals surface area (Å²) in [5.74, 6) is 1.39. The second-order valence-electron chi connectivity index (χ2n) is 7.79. The Labute approximate surface area is 199 Å². The van der Waals surface area contributed by atoms with Crippen LogP contribution in [0.25, 0.3) is 21.8 Å². The van der Waals surface area contributed by atoms with E-state index < -0.39 is 6.23 Å². The predicted molar refractivity (Wildman–Crippen MR) is 128 cm³/mol. The van der Waals surface area contributed by atoms with Gasteiger partial charge in [0.05, 0.1) is 27.5 Å². The summed E-state index contributed by atoms with van der Waals surface area (Å²) in [7, 11) is 0. The molecule has 1 fully saturated rings. The number of anilines is 1. The number of hydrogen-bond acceptors (Lipinski definition) is 8. The molecular weight excluding hydrogens is 465 g/mol. The Kier molecular flexibility index (Phi) is 5.79. The van der Waals surface area contributed by atoms with Gasteiger partial charge in [-0.1, -0.05) is 29.8 Å². The van der Waals surface area contributed by atoms with E-state index in [1.165, 1.54) is 12.4 Å². The second-order valence-corrected chi connectivity index (χ2v) is 8.55. The van der Waals surface area contributed by atoms with Crippen LogP contribution in [0.5, 0.6) is 11.6 Å². The maximum absolute atomic E-state index is 10.0. The molecule has 33 heavy (non-hydrogen) atoms. The molecule has 5 rings (SSSR count). The lowest BCUT2D eigenvalue weighted by Crippen LogP contribution is -2.50. The van der Waals surface area contributed by atoms with Crippen molar-refractivity contribution >= 4 is 50.8 Å². The van der Waals surface area contributed by atoms with E-state index in [9.17, 15) is 5.11 Å². The van der Waals surface area contributed by atoms with Crippen LogP contribution in [0.2, 0.25) is 10.2 Å². The van der Waals surface area contributed by atoms with E-state index >= 15 is 0 Å². The van der Waals surface area contributed by atoms with Crippen LogP contribution in [0.1, 0.15) is 5.56 Å². The van der Waals surface area contributed by atoms with Crippen LogP contribution in [0.3, 0.4) is 0 Å². The van der Waals surface area contributed by atoms with Crippen molar-refractivity contribution in [3.05, 3.63) is 53.1 Å². The monoisotopic (exact) mass is 485 g/mol. The van der Waals surface area contributed by atoms with Gasteiger partial charge in [-0.05, 0) is 30.7 Å². The third-order valence-corrected chi connectivity index (χ3v) is 6.42. The van der Waals surface area contributed by atoms with E-state index in [1.54, 1.807) is 12.3 Å². The first-order chi connectivity index (χ1) is 16.0. The number of aliphatic hydroxyl groups is 1. The molecule has 9 nitrogen and oxygen atoms in total. The lowest BCUT2D eigenvalue weighted by Gasteiger charge is -2.37. The summed E-state index contributed by atoms with van der Waals surface area (Å²) < 4.78 is 6.21. The zero-order valence-electron chi connectivity index (χ0n) is 17.8. The second kappa shape index (κ2) is 8.75. The SMILES string of the molecule is C=CC(O)N1CCN(c2ncnc3c(Oc4c(Cl)c(C)cc5[nH]ncc45)nc(Cl)cc23)CC1. The van der Waals surface area contributed by atoms with E-state index in [1.807, 2.05) is 17.9 Å². The van der Waals surface area contributed by atoms with Crippen molar-refractivity contribution in [2.75, 3.05) is 31.1 Å². The van der Waals surface area contributed by atoms with Crippen LogP contribution in [0.4, 0.5) is 5.82 Å². The van der Waals surface area contributed by atoms with Crippen molar-refractivity contribution in [2.24, 2.45) is 0 Å². The van der Waals surface area contributed by atoms with Crippen molar-refractivity contribution < 1.29 is 9.84 Å². The molecule has 1 saturated heterocycles. The Morgan fingerprint density at radius 3 is 2.73 bits per heavy atom. The summed E-state index contributed by atoms with van der Waals surface area (Å²) in [6.07, 6.45) is 4.00. The highest BCUT2D eigenvalue weighted by atomic mass is 35.5. The van der Waals surface area contributed by atoms with Crippen molar-refractivity contribution in [1.82, 2.24) is 30.0 Å². The highest BCUT2D eigenvalue weighted by Gasteiger charge is 2.24. The number of pyridine rings is 1. The van der Waals surface area contributed by atoms with Gasteiger partial charge in [0.25, 0.3) is 0 Å². The van der Waals surface area contributed by atoms with Crippen molar-refractivity contribution in [3.63, 3.8) is 0 Å². The molecule has 1 aromatic carbocycles. The van der Waals surface area contributed by atoms with Gasteiger partial charge in [-0.3, -0.25) is 10.00 Å². The molecule has 1 aliphatic rings. The number of nitrogens with zero attached hydrogens (tertiary/aromatic N) is 6. The average Bonchev–Trinajstić information content (AvgIpc) is 3.29. The van der Waals surface area contributed by atoms with Crippen molar-refractivity contribution in [1.29, 1.82) is 0 Å². The van der Waals surface area contributed by atoms with E-state index in [0.717, 1.165) is 27.7 Å². The normalized spacial score (nSPS) is 15.8. The summed E-state index contributed by atoms with van der Waals surface area (Å²) in [4.78, 5) is 17.4. The van der Waals surface area contributed by atoms with Gasteiger partial charge in [-0.2, -0.15) is 10.1 Å². The molecule has 0 amide bonds. The number of aryl methyl sites for hydroxylation is 1. The lowest BCUT2D eigenvalue weighted by molar-refractivity contribution is 0.0380. The standard InChI is InChI=1S/C22H21Cl2N7O2/c1-3-17(32)30-4-6-31(7-5-30)21-13-9-16(23)28-22(19(13)25-11-26-21)33-20-14-10-27-29-15(14)8-12(2)18(20)24/h3,8-11,17,32H,1,4-7H2,2H3,(H,27,29). The summed E-state index contributed by atoms with van der Waals surface area (Å²) in [6, 6.07) is 3.64. The fraction of sp³-hybridized carbons (Fsp3) is 0.273. The number of rotatable bonds is 5. The van der Waals surface area contributed by atoms with Gasteiger partial charge < -0.3 is 14.7 Å². The fourth-order valence-corrected chi connectivity index (χ4v) is 4.40. The number of nitrogens with one attached hydrogen (secondary N) is 1. The zero-order valence-corrected chi connectivity index (χ0v) is 19.3. The number of ether oxygens (including phenoxy) is 1. The van der Waals surface area contributed by atoms with Gasteiger partial charge in [0.1, 0.15) is 29.0 Å². The minimum absolute atomic E-state index is 0.233. The zero-order chi connectivity index (χ0) is 23.1.